The maximum absolute atomic E-state index is 10.8. The van der Waals surface area contributed by atoms with E-state index in [4.69, 9.17) is 0 Å². The third-order valence-electron chi connectivity index (χ3n) is 2.66. The Bertz CT molecular complexity index is 195. The van der Waals surface area contributed by atoms with Crippen LogP contribution in [0, 0.1) is 5.92 Å². The van der Waals surface area contributed by atoms with Crippen LogP contribution in [0.15, 0.2) is 5.10 Å². The van der Waals surface area contributed by atoms with E-state index in [1.807, 2.05) is 11.9 Å². The van der Waals surface area contributed by atoms with E-state index < -0.39 is 0 Å². The molecule has 0 radical (unpaired) electrons. The molecule has 1 atom stereocenters. The molecule has 1 saturated heterocycles. The zero-order valence-corrected chi connectivity index (χ0v) is 14.7. The molecule has 0 saturated carbocycles. The molecule has 0 aromatic carbocycles. The van der Waals surface area contributed by atoms with E-state index in [1.165, 1.54) is 0 Å². The van der Waals surface area contributed by atoms with Gasteiger partial charge in [0.2, 0.25) is 0 Å². The molecular weight excluding hydrogens is 250 g/mol. The van der Waals surface area contributed by atoms with Crippen molar-refractivity contribution in [1.82, 2.24) is 5.01 Å². The molecule has 0 unspecified atom stereocenters. The van der Waals surface area contributed by atoms with Crippen molar-refractivity contribution in [3.8, 4) is 0 Å². The average Bonchev–Trinajstić information content (AvgIpc) is 2.51. The molecule has 0 aromatic rings. The summed E-state index contributed by atoms with van der Waals surface area (Å²) in [5.41, 5.74) is 1.13. The molecule has 1 heterocycles. The fourth-order valence-corrected chi connectivity index (χ4v) is 1.44. The van der Waals surface area contributed by atoms with Gasteiger partial charge in [-0.05, 0) is 25.7 Å². The molecule has 0 aliphatic carbocycles. The summed E-state index contributed by atoms with van der Waals surface area (Å²) in [6, 6.07) is 0.147. The molecule has 0 amide bonds. The first-order chi connectivity index (χ1) is 6.15. The number of rotatable bonds is 3. The Hall–Kier alpha value is 1.24. The number of hydrogen-bond acceptors (Lipinski definition) is 3. The zero-order valence-electron chi connectivity index (χ0n) is 9.79. The Morgan fingerprint density at radius 2 is 2.21 bits per heavy atom. The van der Waals surface area contributed by atoms with Crippen molar-refractivity contribution < 1.29 is 63.3 Å². The molecule has 0 spiro atoms. The average molecular weight is 269 g/mol. The Labute approximate surface area is 136 Å². The molecule has 0 bridgehead atoms. The van der Waals surface area contributed by atoms with Crippen molar-refractivity contribution in [2.75, 3.05) is 13.2 Å². The maximum Gasteiger partial charge on any atom is 1.00 e. The van der Waals surface area contributed by atoms with E-state index in [2.05, 4.69) is 18.9 Å². The topological polar surface area (TPSA) is 38.7 Å². The van der Waals surface area contributed by atoms with Gasteiger partial charge in [0.1, 0.15) is 0 Å². The minimum absolute atomic E-state index is 0. The third kappa shape index (κ3) is 4.39. The van der Waals surface area contributed by atoms with Crippen LogP contribution in [0.2, 0.25) is 0 Å². The minimum Gasteiger partial charge on any atom is -0.853 e. The van der Waals surface area contributed by atoms with E-state index in [0.29, 0.717) is 5.92 Å². The van der Waals surface area contributed by atoms with Crippen molar-refractivity contribution >= 4 is 5.71 Å². The summed E-state index contributed by atoms with van der Waals surface area (Å²) in [5.74, 6) is 0.480. The zero-order chi connectivity index (χ0) is 9.84. The Morgan fingerprint density at radius 3 is 2.71 bits per heavy atom. The van der Waals surface area contributed by atoms with Gasteiger partial charge in [-0.15, -0.1) is 6.61 Å². The molecule has 0 N–H and O–H groups in total. The van der Waals surface area contributed by atoms with Crippen LogP contribution in [0.4, 0.5) is 0 Å². The standard InChI is InChI=1S/C10H19N2O.Rb/c1-8(2)9(3)11-12-6-4-5-10(12)7-13;/h8,10H,4-7H2,1-3H3;/q-1;+1/b11-9+;/t10-;/m0./s1. The van der Waals surface area contributed by atoms with Crippen LogP contribution in [0.3, 0.4) is 0 Å². The van der Waals surface area contributed by atoms with Gasteiger partial charge in [0, 0.05) is 18.3 Å². The predicted molar refractivity (Wildman–Crippen MR) is 52.5 cm³/mol. The second kappa shape index (κ2) is 7.50. The van der Waals surface area contributed by atoms with Crippen LogP contribution in [-0.2, 0) is 0 Å². The molecule has 1 fully saturated rings. The third-order valence-corrected chi connectivity index (χ3v) is 2.66. The SMILES string of the molecule is C/C(=N\N1CCC[C@H]1C[O-])C(C)C.[Rb+]. The van der Waals surface area contributed by atoms with Gasteiger partial charge in [-0.1, -0.05) is 13.8 Å². The smallest absolute Gasteiger partial charge is 0.853 e. The summed E-state index contributed by atoms with van der Waals surface area (Å²) in [5, 5.41) is 17.2. The van der Waals surface area contributed by atoms with Crippen molar-refractivity contribution in [1.29, 1.82) is 0 Å². The number of nitrogens with zero attached hydrogens (tertiary/aromatic N) is 2. The van der Waals surface area contributed by atoms with Crippen LogP contribution in [0.1, 0.15) is 33.6 Å². The largest absolute Gasteiger partial charge is 1.00 e. The molecule has 0 aromatic heterocycles. The van der Waals surface area contributed by atoms with E-state index in [0.717, 1.165) is 25.1 Å². The molecule has 1 rings (SSSR count). The summed E-state index contributed by atoms with van der Waals surface area (Å²) in [7, 11) is 0. The first kappa shape index (κ1) is 15.2. The molecule has 14 heavy (non-hydrogen) atoms. The minimum atomic E-state index is -0.0190. The fraction of sp³-hybridized carbons (Fsp3) is 0.900. The Kier molecular flexibility index (Phi) is 8.16. The van der Waals surface area contributed by atoms with Gasteiger partial charge >= 0.3 is 58.2 Å². The molecular formula is C10H19N2ORb. The maximum atomic E-state index is 10.8. The van der Waals surface area contributed by atoms with Crippen LogP contribution in [0.25, 0.3) is 0 Å². The monoisotopic (exact) mass is 268 g/mol. The van der Waals surface area contributed by atoms with Gasteiger partial charge in [-0.2, -0.15) is 5.10 Å². The van der Waals surface area contributed by atoms with Gasteiger partial charge in [0.25, 0.3) is 0 Å². The van der Waals surface area contributed by atoms with Crippen LogP contribution >= 0.6 is 0 Å². The molecule has 3 nitrogen and oxygen atoms in total. The summed E-state index contributed by atoms with van der Waals surface area (Å²) < 4.78 is 0. The number of hydrogen-bond donors (Lipinski definition) is 0. The second-order valence-corrected chi connectivity index (χ2v) is 4.02. The Morgan fingerprint density at radius 1 is 1.57 bits per heavy atom. The summed E-state index contributed by atoms with van der Waals surface area (Å²) in [6.07, 6.45) is 2.13. The fourth-order valence-electron chi connectivity index (χ4n) is 1.44. The van der Waals surface area contributed by atoms with E-state index in [9.17, 15) is 5.11 Å². The summed E-state index contributed by atoms with van der Waals surface area (Å²) in [4.78, 5) is 0. The van der Waals surface area contributed by atoms with Gasteiger partial charge in [-0.25, -0.2) is 0 Å². The van der Waals surface area contributed by atoms with E-state index >= 15 is 0 Å². The van der Waals surface area contributed by atoms with Gasteiger partial charge < -0.3 is 5.11 Å². The van der Waals surface area contributed by atoms with E-state index in [-0.39, 0.29) is 70.8 Å². The quantitative estimate of drug-likeness (QED) is 0.548. The van der Waals surface area contributed by atoms with Crippen LogP contribution in [-0.4, -0.2) is 29.9 Å². The second-order valence-electron chi connectivity index (χ2n) is 4.02. The first-order valence-corrected chi connectivity index (χ1v) is 5.05. The summed E-state index contributed by atoms with van der Waals surface area (Å²) >= 11 is 0. The molecule has 1 aliphatic heterocycles. The van der Waals surface area contributed by atoms with Crippen molar-refractivity contribution in [3.05, 3.63) is 0 Å². The normalized spacial score (nSPS) is 22.8. The molecule has 4 heteroatoms. The molecule has 76 valence electrons. The first-order valence-electron chi connectivity index (χ1n) is 5.05. The molecule has 1 aliphatic rings. The van der Waals surface area contributed by atoms with E-state index in [1.54, 1.807) is 0 Å². The van der Waals surface area contributed by atoms with Crippen molar-refractivity contribution in [3.63, 3.8) is 0 Å². The van der Waals surface area contributed by atoms with Crippen LogP contribution in [0.5, 0.6) is 0 Å². The number of hydrazone groups is 1. The summed E-state index contributed by atoms with van der Waals surface area (Å²) in [6.45, 7) is 7.22. The predicted octanol–water partition coefficient (Wildman–Crippen LogP) is -2.15. The Balaban J connectivity index is 0.00000169. The van der Waals surface area contributed by atoms with Crippen LogP contribution < -0.4 is 63.3 Å². The van der Waals surface area contributed by atoms with Gasteiger partial charge in [0.05, 0.1) is 0 Å². The van der Waals surface area contributed by atoms with Crippen molar-refractivity contribution in [2.24, 2.45) is 11.0 Å². The van der Waals surface area contributed by atoms with Crippen molar-refractivity contribution in [2.45, 2.75) is 39.7 Å². The van der Waals surface area contributed by atoms with Gasteiger partial charge in [0.15, 0.2) is 0 Å². The van der Waals surface area contributed by atoms with Gasteiger partial charge in [-0.3, -0.25) is 5.01 Å².